The molecule has 5 heteroatoms. The van der Waals surface area contributed by atoms with Crippen molar-refractivity contribution in [2.45, 2.75) is 6.42 Å². The van der Waals surface area contributed by atoms with E-state index in [4.69, 9.17) is 5.11 Å². The van der Waals surface area contributed by atoms with Gasteiger partial charge in [-0.2, -0.15) is 5.10 Å². The summed E-state index contributed by atoms with van der Waals surface area (Å²) in [5.41, 5.74) is 2.02. The first kappa shape index (κ1) is 10.4. The van der Waals surface area contributed by atoms with Gasteiger partial charge in [-0.15, -0.1) is 0 Å². The average Bonchev–Trinajstić information content (AvgIpc) is 2.88. The van der Waals surface area contributed by atoms with E-state index in [0.717, 1.165) is 21.2 Å². The summed E-state index contributed by atoms with van der Waals surface area (Å²) >= 11 is 1.52. The molecule has 3 rings (SSSR count). The van der Waals surface area contributed by atoms with Crippen molar-refractivity contribution in [2.75, 3.05) is 6.61 Å². The number of hydrogen-bond donors (Lipinski definition) is 1. The lowest BCUT2D eigenvalue weighted by molar-refractivity contribution is 0.299. The quantitative estimate of drug-likeness (QED) is 0.767. The molecule has 0 radical (unpaired) electrons. The maximum Gasteiger partial charge on any atom is 0.212 e. The van der Waals surface area contributed by atoms with E-state index in [1.54, 1.807) is 4.52 Å². The minimum Gasteiger partial charge on any atom is -0.396 e. The molecule has 0 aliphatic rings. The van der Waals surface area contributed by atoms with Crippen molar-refractivity contribution in [1.82, 2.24) is 14.6 Å². The molecule has 3 aromatic rings. The van der Waals surface area contributed by atoms with Crippen LogP contribution >= 0.6 is 11.3 Å². The third-order valence-electron chi connectivity index (χ3n) is 2.48. The second-order valence-electron chi connectivity index (χ2n) is 3.69. The Hall–Kier alpha value is -1.72. The Bertz CT molecular complexity index is 598. The van der Waals surface area contributed by atoms with Crippen LogP contribution in [0.2, 0.25) is 0 Å². The highest BCUT2D eigenvalue weighted by molar-refractivity contribution is 7.16. The van der Waals surface area contributed by atoms with Crippen molar-refractivity contribution >= 4 is 16.3 Å². The molecule has 4 nitrogen and oxygen atoms in total. The van der Waals surface area contributed by atoms with Crippen molar-refractivity contribution in [3.05, 3.63) is 41.5 Å². The number of aliphatic hydroxyl groups excluding tert-OH is 1. The minimum atomic E-state index is 0.127. The van der Waals surface area contributed by atoms with Crippen LogP contribution in [0.4, 0.5) is 0 Å². The summed E-state index contributed by atoms with van der Waals surface area (Å²) in [7, 11) is 0. The molecule has 2 heterocycles. The van der Waals surface area contributed by atoms with Gasteiger partial charge in [0.2, 0.25) is 4.96 Å². The van der Waals surface area contributed by atoms with Crippen molar-refractivity contribution in [2.24, 2.45) is 0 Å². The molecule has 0 aliphatic carbocycles. The molecule has 17 heavy (non-hydrogen) atoms. The first-order valence-corrected chi connectivity index (χ1v) is 6.20. The predicted octanol–water partition coefficient (Wildman–Crippen LogP) is 1.99. The fraction of sp³-hybridized carbons (Fsp3) is 0.167. The first-order chi connectivity index (χ1) is 8.36. The van der Waals surface area contributed by atoms with Crippen LogP contribution in [0.5, 0.6) is 0 Å². The Labute approximate surface area is 102 Å². The molecule has 0 aliphatic heterocycles. The topological polar surface area (TPSA) is 50.4 Å². The van der Waals surface area contributed by atoms with E-state index < -0.39 is 0 Å². The van der Waals surface area contributed by atoms with Gasteiger partial charge in [-0.1, -0.05) is 41.7 Å². The molecule has 1 N–H and O–H groups in total. The number of nitrogens with zero attached hydrogens (tertiary/aromatic N) is 3. The monoisotopic (exact) mass is 245 g/mol. The van der Waals surface area contributed by atoms with E-state index in [2.05, 4.69) is 10.1 Å². The van der Waals surface area contributed by atoms with Gasteiger partial charge < -0.3 is 5.11 Å². The summed E-state index contributed by atoms with van der Waals surface area (Å²) < 4.78 is 1.78. The lowest BCUT2D eigenvalue weighted by Gasteiger charge is -1.93. The van der Waals surface area contributed by atoms with Gasteiger partial charge in [0, 0.05) is 18.6 Å². The number of imidazole rings is 1. The maximum absolute atomic E-state index is 8.85. The fourth-order valence-corrected chi connectivity index (χ4v) is 2.55. The molecule has 0 unspecified atom stereocenters. The second-order valence-corrected chi connectivity index (χ2v) is 4.73. The summed E-state index contributed by atoms with van der Waals surface area (Å²) in [6.07, 6.45) is 2.51. The summed E-state index contributed by atoms with van der Waals surface area (Å²) in [6.45, 7) is 0.127. The molecule has 0 saturated carbocycles. The largest absolute Gasteiger partial charge is 0.396 e. The normalized spacial score (nSPS) is 11.1. The third-order valence-corrected chi connectivity index (χ3v) is 3.46. The molecule has 0 amide bonds. The van der Waals surface area contributed by atoms with Crippen LogP contribution in [0.1, 0.15) is 5.01 Å². The molecular formula is C12H11N3OS. The van der Waals surface area contributed by atoms with E-state index in [0.29, 0.717) is 6.42 Å². The Morgan fingerprint density at radius 2 is 2.06 bits per heavy atom. The first-order valence-electron chi connectivity index (χ1n) is 5.38. The van der Waals surface area contributed by atoms with Crippen LogP contribution in [0.3, 0.4) is 0 Å². The Kier molecular flexibility index (Phi) is 2.62. The van der Waals surface area contributed by atoms with Gasteiger partial charge in [0.25, 0.3) is 0 Å². The van der Waals surface area contributed by atoms with Gasteiger partial charge in [0.15, 0.2) is 0 Å². The zero-order chi connectivity index (χ0) is 11.7. The average molecular weight is 245 g/mol. The predicted molar refractivity (Wildman–Crippen MR) is 67.1 cm³/mol. The van der Waals surface area contributed by atoms with Gasteiger partial charge in [-0.3, -0.25) is 0 Å². The molecule has 2 aromatic heterocycles. The Balaban J connectivity index is 2.01. The van der Waals surface area contributed by atoms with Crippen molar-refractivity contribution in [1.29, 1.82) is 0 Å². The van der Waals surface area contributed by atoms with Crippen LogP contribution in [0.25, 0.3) is 16.2 Å². The van der Waals surface area contributed by atoms with Crippen molar-refractivity contribution < 1.29 is 5.11 Å². The van der Waals surface area contributed by atoms with Gasteiger partial charge in [-0.25, -0.2) is 9.50 Å². The van der Waals surface area contributed by atoms with Gasteiger partial charge in [-0.05, 0) is 0 Å². The second kappa shape index (κ2) is 4.27. The number of aliphatic hydroxyl groups is 1. The SMILES string of the molecule is OCCc1nn2cc(-c3ccccc3)nc2s1. The number of aromatic nitrogens is 3. The van der Waals surface area contributed by atoms with E-state index in [1.807, 2.05) is 36.5 Å². The lowest BCUT2D eigenvalue weighted by Crippen LogP contribution is -1.90. The van der Waals surface area contributed by atoms with Crippen molar-refractivity contribution in [3.8, 4) is 11.3 Å². The fourth-order valence-electron chi connectivity index (χ4n) is 1.69. The number of benzene rings is 1. The van der Waals surface area contributed by atoms with E-state index in [-0.39, 0.29) is 6.61 Å². The van der Waals surface area contributed by atoms with Crippen LogP contribution in [0.15, 0.2) is 36.5 Å². The Morgan fingerprint density at radius 3 is 2.76 bits per heavy atom. The number of fused-ring (bicyclic) bond motifs is 1. The summed E-state index contributed by atoms with van der Waals surface area (Å²) in [5, 5.41) is 14.1. The van der Waals surface area contributed by atoms with E-state index in [9.17, 15) is 0 Å². The summed E-state index contributed by atoms with van der Waals surface area (Å²) in [6, 6.07) is 10.0. The van der Waals surface area contributed by atoms with Gasteiger partial charge in [0.1, 0.15) is 5.01 Å². The third kappa shape index (κ3) is 1.94. The molecule has 0 fully saturated rings. The van der Waals surface area contributed by atoms with Crippen LogP contribution < -0.4 is 0 Å². The number of rotatable bonds is 3. The molecule has 0 saturated heterocycles. The zero-order valence-electron chi connectivity index (χ0n) is 9.08. The molecule has 0 atom stereocenters. The molecule has 0 bridgehead atoms. The highest BCUT2D eigenvalue weighted by Gasteiger charge is 2.08. The summed E-state index contributed by atoms with van der Waals surface area (Å²) in [5.74, 6) is 0. The Morgan fingerprint density at radius 1 is 1.24 bits per heavy atom. The maximum atomic E-state index is 8.85. The molecule has 0 spiro atoms. The smallest absolute Gasteiger partial charge is 0.212 e. The molecular weight excluding hydrogens is 234 g/mol. The van der Waals surface area contributed by atoms with Gasteiger partial charge >= 0.3 is 0 Å². The van der Waals surface area contributed by atoms with Crippen LogP contribution in [-0.2, 0) is 6.42 Å². The van der Waals surface area contributed by atoms with Gasteiger partial charge in [0.05, 0.1) is 11.9 Å². The standard InChI is InChI=1S/C12H11N3OS/c16-7-6-11-14-15-8-10(13-12(15)17-11)9-4-2-1-3-5-9/h1-5,8,16H,6-7H2. The molecule has 1 aromatic carbocycles. The van der Waals surface area contributed by atoms with Crippen LogP contribution in [0, 0.1) is 0 Å². The minimum absolute atomic E-state index is 0.127. The lowest BCUT2D eigenvalue weighted by atomic mass is 10.2. The van der Waals surface area contributed by atoms with Crippen molar-refractivity contribution in [3.63, 3.8) is 0 Å². The van der Waals surface area contributed by atoms with E-state index in [1.165, 1.54) is 11.3 Å². The highest BCUT2D eigenvalue weighted by Crippen LogP contribution is 2.21. The van der Waals surface area contributed by atoms with E-state index >= 15 is 0 Å². The molecule has 86 valence electrons. The highest BCUT2D eigenvalue weighted by atomic mass is 32.1. The number of hydrogen-bond acceptors (Lipinski definition) is 4. The zero-order valence-corrected chi connectivity index (χ0v) is 9.89. The summed E-state index contributed by atoms with van der Waals surface area (Å²) in [4.78, 5) is 5.39. The van der Waals surface area contributed by atoms with Crippen LogP contribution in [-0.4, -0.2) is 26.3 Å².